The summed E-state index contributed by atoms with van der Waals surface area (Å²) in [6.07, 6.45) is 11.9. The number of carbonyl (C=O) groups is 1. The molecule has 0 heterocycles. The number of aliphatic hydroxyl groups is 2. The number of ether oxygens (including phenoxy) is 1. The van der Waals surface area contributed by atoms with Crippen molar-refractivity contribution in [3.8, 4) is 0 Å². The second-order valence-corrected chi connectivity index (χ2v) is 5.02. The molecule has 0 aromatic rings. The van der Waals surface area contributed by atoms with Crippen molar-refractivity contribution in [2.75, 3.05) is 13.2 Å². The number of aliphatic hydroxyl groups excluding tert-OH is 2. The first kappa shape index (κ1) is 19.1. The lowest BCUT2D eigenvalue weighted by Gasteiger charge is -2.05. The highest BCUT2D eigenvalue weighted by molar-refractivity contribution is 5.81. The second kappa shape index (κ2) is 14.5. The molecule has 0 rings (SSSR count). The molecule has 0 aliphatic rings. The van der Waals surface area contributed by atoms with Gasteiger partial charge in [0.25, 0.3) is 0 Å². The van der Waals surface area contributed by atoms with Crippen LogP contribution >= 0.6 is 0 Å². The van der Waals surface area contributed by atoms with Crippen LogP contribution in [0.5, 0.6) is 0 Å². The largest absolute Gasteiger partial charge is 0.463 e. The minimum atomic E-state index is -0.552. The van der Waals surface area contributed by atoms with Gasteiger partial charge in [-0.1, -0.05) is 44.9 Å². The van der Waals surface area contributed by atoms with E-state index in [-0.39, 0.29) is 0 Å². The van der Waals surface area contributed by atoms with Crippen LogP contribution < -0.4 is 0 Å². The quantitative estimate of drug-likeness (QED) is 0.310. The van der Waals surface area contributed by atoms with E-state index in [1.54, 1.807) is 6.92 Å². The van der Waals surface area contributed by atoms with Gasteiger partial charge in [-0.3, -0.25) is 0 Å². The third kappa shape index (κ3) is 13.6. The van der Waals surface area contributed by atoms with Gasteiger partial charge in [-0.25, -0.2) is 4.79 Å². The molecule has 0 aliphatic carbocycles. The van der Waals surface area contributed by atoms with E-state index < -0.39 is 12.1 Å². The molecule has 0 bridgehead atoms. The van der Waals surface area contributed by atoms with E-state index >= 15 is 0 Å². The third-order valence-corrected chi connectivity index (χ3v) is 3.15. The van der Waals surface area contributed by atoms with Crippen LogP contribution in [0.2, 0.25) is 0 Å². The van der Waals surface area contributed by atoms with E-state index in [4.69, 9.17) is 9.84 Å². The fourth-order valence-corrected chi connectivity index (χ4v) is 2.00. The summed E-state index contributed by atoms with van der Waals surface area (Å²) in [5.74, 6) is -0.394. The van der Waals surface area contributed by atoms with Gasteiger partial charge in [0.15, 0.2) is 0 Å². The molecule has 0 saturated carbocycles. The second-order valence-electron chi connectivity index (χ2n) is 5.02. The van der Waals surface area contributed by atoms with E-state index in [2.05, 4.69) is 0 Å². The van der Waals surface area contributed by atoms with Gasteiger partial charge < -0.3 is 14.9 Å². The van der Waals surface area contributed by atoms with Crippen LogP contribution in [0, 0.1) is 0 Å². The Bertz CT molecular complexity index is 251. The lowest BCUT2D eigenvalue weighted by molar-refractivity contribution is -0.137. The summed E-state index contributed by atoms with van der Waals surface area (Å²) in [6.45, 7) is 2.42. The molecule has 4 nitrogen and oxygen atoms in total. The van der Waals surface area contributed by atoms with Crippen LogP contribution in [0.3, 0.4) is 0 Å². The maximum atomic E-state index is 11.0. The van der Waals surface area contributed by atoms with Crippen molar-refractivity contribution >= 4 is 5.97 Å². The number of esters is 1. The summed E-state index contributed by atoms with van der Waals surface area (Å²) in [5, 5.41) is 18.3. The molecule has 20 heavy (non-hydrogen) atoms. The molecule has 118 valence electrons. The van der Waals surface area contributed by atoms with Gasteiger partial charge in [0.1, 0.15) is 0 Å². The van der Waals surface area contributed by atoms with Crippen molar-refractivity contribution in [1.82, 2.24) is 0 Å². The van der Waals surface area contributed by atoms with Gasteiger partial charge >= 0.3 is 5.97 Å². The minimum Gasteiger partial charge on any atom is -0.463 e. The van der Waals surface area contributed by atoms with E-state index in [9.17, 15) is 9.90 Å². The molecule has 0 spiro atoms. The van der Waals surface area contributed by atoms with E-state index in [1.165, 1.54) is 37.8 Å². The number of rotatable bonds is 13. The summed E-state index contributed by atoms with van der Waals surface area (Å²) in [4.78, 5) is 11.0. The zero-order valence-electron chi connectivity index (χ0n) is 12.7. The number of carbonyl (C=O) groups excluding carboxylic acids is 1. The van der Waals surface area contributed by atoms with Crippen molar-refractivity contribution in [1.29, 1.82) is 0 Å². The van der Waals surface area contributed by atoms with Crippen LogP contribution in [0.4, 0.5) is 0 Å². The summed E-state index contributed by atoms with van der Waals surface area (Å²) in [5.41, 5.74) is 0. The molecule has 1 unspecified atom stereocenters. The Balaban J connectivity index is 3.35. The van der Waals surface area contributed by atoms with Crippen LogP contribution in [-0.2, 0) is 9.53 Å². The van der Waals surface area contributed by atoms with E-state index in [1.807, 2.05) is 0 Å². The first-order valence-electron chi connectivity index (χ1n) is 7.84. The van der Waals surface area contributed by atoms with Crippen molar-refractivity contribution in [3.63, 3.8) is 0 Å². The Morgan fingerprint density at radius 3 is 2.15 bits per heavy atom. The van der Waals surface area contributed by atoms with Crippen LogP contribution in [0.25, 0.3) is 0 Å². The summed E-state index contributed by atoms with van der Waals surface area (Å²) < 4.78 is 4.74. The summed E-state index contributed by atoms with van der Waals surface area (Å²) in [6, 6.07) is 0. The SMILES string of the molecule is CCOC(=O)C=CC(O)CCCCCCCCCCO. The van der Waals surface area contributed by atoms with Gasteiger partial charge in [0, 0.05) is 12.7 Å². The van der Waals surface area contributed by atoms with Crippen LogP contribution in [-0.4, -0.2) is 35.5 Å². The maximum Gasteiger partial charge on any atom is 0.330 e. The maximum absolute atomic E-state index is 11.0. The number of unbranched alkanes of at least 4 members (excludes halogenated alkanes) is 7. The molecule has 0 saturated heterocycles. The van der Waals surface area contributed by atoms with Crippen molar-refractivity contribution in [2.45, 2.75) is 70.8 Å². The molecule has 0 aromatic carbocycles. The molecule has 0 fully saturated rings. The van der Waals surface area contributed by atoms with Crippen molar-refractivity contribution in [3.05, 3.63) is 12.2 Å². The Morgan fingerprint density at radius 2 is 1.60 bits per heavy atom. The fourth-order valence-electron chi connectivity index (χ4n) is 2.00. The molecule has 1 atom stereocenters. The molecule has 4 heteroatoms. The van der Waals surface area contributed by atoms with Gasteiger partial charge in [-0.15, -0.1) is 0 Å². The molecular formula is C16H30O4. The average molecular weight is 286 g/mol. The zero-order valence-corrected chi connectivity index (χ0v) is 12.7. The smallest absolute Gasteiger partial charge is 0.330 e. The number of hydrogen-bond donors (Lipinski definition) is 2. The van der Waals surface area contributed by atoms with Crippen molar-refractivity contribution in [2.24, 2.45) is 0 Å². The van der Waals surface area contributed by atoms with Crippen molar-refractivity contribution < 1.29 is 19.7 Å². The molecule has 0 aromatic heterocycles. The van der Waals surface area contributed by atoms with E-state index in [0.717, 1.165) is 25.7 Å². The monoisotopic (exact) mass is 286 g/mol. The normalized spacial score (nSPS) is 12.8. The minimum absolute atomic E-state index is 0.303. The van der Waals surface area contributed by atoms with Crippen LogP contribution in [0.1, 0.15) is 64.7 Å². The highest BCUT2D eigenvalue weighted by Gasteiger charge is 2.01. The predicted molar refractivity (Wildman–Crippen MR) is 80.4 cm³/mol. The Kier molecular flexibility index (Phi) is 13.9. The third-order valence-electron chi connectivity index (χ3n) is 3.15. The van der Waals surface area contributed by atoms with E-state index in [0.29, 0.717) is 19.6 Å². The molecule has 2 N–H and O–H groups in total. The Labute approximate surface area is 122 Å². The molecular weight excluding hydrogens is 256 g/mol. The fraction of sp³-hybridized carbons (Fsp3) is 0.812. The lowest BCUT2D eigenvalue weighted by atomic mass is 10.1. The zero-order chi connectivity index (χ0) is 15.1. The van der Waals surface area contributed by atoms with Gasteiger partial charge in [0.2, 0.25) is 0 Å². The highest BCUT2D eigenvalue weighted by atomic mass is 16.5. The molecule has 0 aliphatic heterocycles. The van der Waals surface area contributed by atoms with Gasteiger partial charge in [-0.05, 0) is 25.8 Å². The van der Waals surface area contributed by atoms with Gasteiger partial charge in [0.05, 0.1) is 12.7 Å². The lowest BCUT2D eigenvalue weighted by Crippen LogP contribution is -2.05. The average Bonchev–Trinajstić information content (AvgIpc) is 2.43. The first-order chi connectivity index (χ1) is 9.70. The molecule has 0 radical (unpaired) electrons. The standard InChI is InChI=1S/C16H30O4/c1-2-20-16(19)13-12-15(18)11-9-7-5-3-4-6-8-10-14-17/h12-13,15,17-18H,2-11,14H2,1H3. The topological polar surface area (TPSA) is 66.8 Å². The predicted octanol–water partition coefficient (Wildman–Crippen LogP) is 2.97. The Hall–Kier alpha value is -0.870. The Morgan fingerprint density at radius 1 is 1.05 bits per heavy atom. The van der Waals surface area contributed by atoms with Crippen LogP contribution in [0.15, 0.2) is 12.2 Å². The summed E-state index contributed by atoms with van der Waals surface area (Å²) >= 11 is 0. The first-order valence-corrected chi connectivity index (χ1v) is 7.84. The van der Waals surface area contributed by atoms with Gasteiger partial charge in [-0.2, -0.15) is 0 Å². The highest BCUT2D eigenvalue weighted by Crippen LogP contribution is 2.11. The number of hydrogen-bond acceptors (Lipinski definition) is 4. The summed E-state index contributed by atoms with van der Waals surface area (Å²) in [7, 11) is 0. The molecule has 0 amide bonds.